The van der Waals surface area contributed by atoms with E-state index in [1.165, 1.54) is 0 Å². The molecule has 0 bridgehead atoms. The van der Waals surface area contributed by atoms with Crippen LogP contribution in [0.5, 0.6) is 0 Å². The number of Topliss-reactive ketones (excluding diaryl/α,β-unsaturated/α-hetero) is 1. The van der Waals surface area contributed by atoms with E-state index in [-0.39, 0.29) is 18.0 Å². The molecule has 0 amide bonds. The fraction of sp³-hybridized carbons (Fsp3) is 0.857. The highest BCUT2D eigenvalue weighted by Gasteiger charge is 2.59. The maximum atomic E-state index is 12.3. The summed E-state index contributed by atoms with van der Waals surface area (Å²) in [5.74, 6) is 1.49. The van der Waals surface area contributed by atoms with Crippen LogP contribution in [-0.2, 0) is 14.3 Å². The average Bonchev–Trinajstić information content (AvgIpc) is 2.77. The predicted molar refractivity (Wildman–Crippen MR) is 62.2 cm³/mol. The van der Waals surface area contributed by atoms with Gasteiger partial charge in [0.05, 0.1) is 11.8 Å². The van der Waals surface area contributed by atoms with Gasteiger partial charge in [0.25, 0.3) is 0 Å². The summed E-state index contributed by atoms with van der Waals surface area (Å²) in [4.78, 5) is 23.8. The Kier molecular flexibility index (Phi) is 2.36. The molecular formula is C14H20O3. The van der Waals surface area contributed by atoms with Gasteiger partial charge in [-0.15, -0.1) is 0 Å². The second kappa shape index (κ2) is 3.56. The summed E-state index contributed by atoms with van der Waals surface area (Å²) < 4.78 is 5.52. The Balaban J connectivity index is 2.02. The van der Waals surface area contributed by atoms with Crippen molar-refractivity contribution in [3.63, 3.8) is 0 Å². The number of fused-ring (bicyclic) bond motifs is 3. The Morgan fingerprint density at radius 3 is 2.76 bits per heavy atom. The largest absolute Gasteiger partial charge is 0.461 e. The molecule has 3 fully saturated rings. The van der Waals surface area contributed by atoms with Crippen LogP contribution in [0.15, 0.2) is 0 Å². The SMILES string of the molecule is CC1CCC2CC(=O)OC2C2(C)C(=O)CCC12. The number of rotatable bonds is 0. The number of carbonyl (C=O) groups excluding carboxylic acids is 2. The molecule has 5 atom stereocenters. The lowest BCUT2D eigenvalue weighted by molar-refractivity contribution is -0.152. The summed E-state index contributed by atoms with van der Waals surface area (Å²) in [6, 6.07) is 0. The van der Waals surface area contributed by atoms with Gasteiger partial charge in [0.2, 0.25) is 0 Å². The number of hydrogen-bond acceptors (Lipinski definition) is 3. The van der Waals surface area contributed by atoms with E-state index in [1.54, 1.807) is 0 Å². The summed E-state index contributed by atoms with van der Waals surface area (Å²) in [5.41, 5.74) is -0.396. The molecular weight excluding hydrogens is 216 g/mol. The number of ketones is 1. The van der Waals surface area contributed by atoms with Crippen molar-refractivity contribution < 1.29 is 14.3 Å². The van der Waals surface area contributed by atoms with Crippen molar-refractivity contribution in [1.29, 1.82) is 0 Å². The van der Waals surface area contributed by atoms with E-state index < -0.39 is 5.41 Å². The van der Waals surface area contributed by atoms with Crippen LogP contribution < -0.4 is 0 Å². The van der Waals surface area contributed by atoms with Crippen molar-refractivity contribution in [2.24, 2.45) is 23.2 Å². The average molecular weight is 236 g/mol. The summed E-state index contributed by atoms with van der Waals surface area (Å²) in [5, 5.41) is 0. The molecule has 1 aliphatic heterocycles. The fourth-order valence-electron chi connectivity index (χ4n) is 4.46. The van der Waals surface area contributed by atoms with Crippen LogP contribution in [-0.4, -0.2) is 17.9 Å². The maximum absolute atomic E-state index is 12.3. The molecule has 0 radical (unpaired) electrons. The topological polar surface area (TPSA) is 43.4 Å². The van der Waals surface area contributed by atoms with Gasteiger partial charge in [0.15, 0.2) is 0 Å². The molecule has 1 heterocycles. The summed E-state index contributed by atoms with van der Waals surface area (Å²) >= 11 is 0. The van der Waals surface area contributed by atoms with Gasteiger partial charge in [-0.3, -0.25) is 9.59 Å². The molecule has 1 saturated heterocycles. The van der Waals surface area contributed by atoms with Crippen LogP contribution >= 0.6 is 0 Å². The van der Waals surface area contributed by atoms with E-state index in [9.17, 15) is 9.59 Å². The van der Waals surface area contributed by atoms with Crippen molar-refractivity contribution in [1.82, 2.24) is 0 Å². The first kappa shape index (κ1) is 11.2. The minimum atomic E-state index is -0.396. The van der Waals surface area contributed by atoms with Crippen LogP contribution in [0.4, 0.5) is 0 Å². The lowest BCUT2D eigenvalue weighted by atomic mass is 9.69. The van der Waals surface area contributed by atoms with Crippen molar-refractivity contribution >= 4 is 11.8 Å². The minimum absolute atomic E-state index is 0.103. The van der Waals surface area contributed by atoms with E-state index in [0.717, 1.165) is 19.3 Å². The van der Waals surface area contributed by atoms with Gasteiger partial charge in [-0.05, 0) is 38.0 Å². The van der Waals surface area contributed by atoms with Gasteiger partial charge in [0, 0.05) is 12.3 Å². The highest BCUT2D eigenvalue weighted by Crippen LogP contribution is 2.55. The molecule has 3 aliphatic rings. The van der Waals surface area contributed by atoms with Crippen LogP contribution in [0.25, 0.3) is 0 Å². The summed E-state index contributed by atoms with van der Waals surface area (Å²) in [7, 11) is 0. The molecule has 5 unspecified atom stereocenters. The minimum Gasteiger partial charge on any atom is -0.461 e. The highest BCUT2D eigenvalue weighted by molar-refractivity contribution is 5.88. The standard InChI is InChI=1S/C14H20O3/c1-8-3-4-9-7-12(16)17-13(9)14(2)10(8)5-6-11(14)15/h8-10,13H,3-7H2,1-2H3. The third-order valence-corrected chi connectivity index (χ3v) is 5.44. The third kappa shape index (κ3) is 1.40. The molecule has 3 rings (SSSR count). The third-order valence-electron chi connectivity index (χ3n) is 5.44. The molecule has 17 heavy (non-hydrogen) atoms. The quantitative estimate of drug-likeness (QED) is 0.606. The Morgan fingerprint density at radius 2 is 2.00 bits per heavy atom. The van der Waals surface area contributed by atoms with Crippen LogP contribution in [0.3, 0.4) is 0 Å². The van der Waals surface area contributed by atoms with Crippen molar-refractivity contribution in [3.05, 3.63) is 0 Å². The van der Waals surface area contributed by atoms with E-state index in [2.05, 4.69) is 6.92 Å². The highest BCUT2D eigenvalue weighted by atomic mass is 16.6. The molecule has 2 saturated carbocycles. The zero-order chi connectivity index (χ0) is 12.2. The van der Waals surface area contributed by atoms with Gasteiger partial charge in [0.1, 0.15) is 11.9 Å². The van der Waals surface area contributed by atoms with Gasteiger partial charge in [-0.2, -0.15) is 0 Å². The number of ether oxygens (including phenoxy) is 1. The number of esters is 1. The monoisotopic (exact) mass is 236 g/mol. The lowest BCUT2D eigenvalue weighted by Crippen LogP contribution is -2.44. The first-order valence-corrected chi connectivity index (χ1v) is 6.76. The van der Waals surface area contributed by atoms with Crippen LogP contribution in [0, 0.1) is 23.2 Å². The summed E-state index contributed by atoms with van der Waals surface area (Å²) in [6.45, 7) is 4.30. The Hall–Kier alpha value is -0.860. The van der Waals surface area contributed by atoms with E-state index in [1.807, 2.05) is 6.92 Å². The maximum Gasteiger partial charge on any atom is 0.306 e. The zero-order valence-electron chi connectivity index (χ0n) is 10.6. The second-order valence-corrected chi connectivity index (χ2v) is 6.28. The molecule has 3 nitrogen and oxygen atoms in total. The Labute approximate surface area is 102 Å². The zero-order valence-corrected chi connectivity index (χ0v) is 10.6. The molecule has 0 N–H and O–H groups in total. The first-order chi connectivity index (χ1) is 8.03. The van der Waals surface area contributed by atoms with Crippen LogP contribution in [0.1, 0.15) is 46.0 Å². The molecule has 0 aromatic heterocycles. The smallest absolute Gasteiger partial charge is 0.306 e. The fourth-order valence-corrected chi connectivity index (χ4v) is 4.46. The number of hydrogen-bond donors (Lipinski definition) is 0. The van der Waals surface area contributed by atoms with Gasteiger partial charge in [-0.25, -0.2) is 0 Å². The molecule has 0 aromatic carbocycles. The Morgan fingerprint density at radius 1 is 1.24 bits per heavy atom. The Bertz CT molecular complexity index is 376. The first-order valence-electron chi connectivity index (χ1n) is 6.76. The van der Waals surface area contributed by atoms with Gasteiger partial charge >= 0.3 is 5.97 Å². The second-order valence-electron chi connectivity index (χ2n) is 6.28. The van der Waals surface area contributed by atoms with Crippen molar-refractivity contribution in [2.75, 3.05) is 0 Å². The molecule has 3 heteroatoms. The van der Waals surface area contributed by atoms with Gasteiger partial charge in [-0.1, -0.05) is 6.92 Å². The van der Waals surface area contributed by atoms with E-state index >= 15 is 0 Å². The molecule has 0 aromatic rings. The molecule has 2 aliphatic carbocycles. The van der Waals surface area contributed by atoms with Crippen molar-refractivity contribution in [2.45, 2.75) is 52.1 Å². The van der Waals surface area contributed by atoms with E-state index in [0.29, 0.717) is 30.5 Å². The molecule has 0 spiro atoms. The predicted octanol–water partition coefficient (Wildman–Crippen LogP) is 2.33. The number of carbonyl (C=O) groups is 2. The van der Waals surface area contributed by atoms with Crippen molar-refractivity contribution in [3.8, 4) is 0 Å². The summed E-state index contributed by atoms with van der Waals surface area (Å²) in [6.07, 6.45) is 4.21. The van der Waals surface area contributed by atoms with E-state index in [4.69, 9.17) is 4.74 Å². The molecule has 94 valence electrons. The van der Waals surface area contributed by atoms with Crippen LogP contribution in [0.2, 0.25) is 0 Å². The van der Waals surface area contributed by atoms with Gasteiger partial charge < -0.3 is 4.74 Å². The lowest BCUT2D eigenvalue weighted by Gasteiger charge is -2.36. The normalized spacial score (nSPS) is 49.5.